The summed E-state index contributed by atoms with van der Waals surface area (Å²) in [5.74, 6) is 0.430. The van der Waals surface area contributed by atoms with Crippen molar-refractivity contribution in [3.8, 4) is 11.5 Å². The zero-order valence-corrected chi connectivity index (χ0v) is 14.6. The lowest BCUT2D eigenvalue weighted by molar-refractivity contribution is -0.139. The highest BCUT2D eigenvalue weighted by molar-refractivity contribution is 6.31. The van der Waals surface area contributed by atoms with Crippen LogP contribution in [0, 0.1) is 0 Å². The molecule has 0 fully saturated rings. The van der Waals surface area contributed by atoms with Gasteiger partial charge in [0.1, 0.15) is 0 Å². The van der Waals surface area contributed by atoms with Crippen LogP contribution in [0.3, 0.4) is 0 Å². The number of fused-ring (bicyclic) bond motifs is 2. The summed E-state index contributed by atoms with van der Waals surface area (Å²) in [7, 11) is 1.31. The van der Waals surface area contributed by atoms with Gasteiger partial charge in [0.05, 0.1) is 19.2 Å². The van der Waals surface area contributed by atoms with Crippen molar-refractivity contribution in [1.29, 1.82) is 0 Å². The number of nitrogens with one attached hydrogen (secondary N) is 1. The smallest absolute Gasteiger partial charge is 0.310 e. The predicted octanol–water partition coefficient (Wildman–Crippen LogP) is 3.50. The normalized spacial score (nSPS) is 12.4. The van der Waals surface area contributed by atoms with Crippen molar-refractivity contribution in [2.24, 2.45) is 0 Å². The average Bonchev–Trinajstić information content (AvgIpc) is 3.24. The molecule has 2 heterocycles. The largest absolute Gasteiger partial charge is 0.469 e. The van der Waals surface area contributed by atoms with Crippen LogP contribution in [0.4, 0.5) is 0 Å². The van der Waals surface area contributed by atoms with Gasteiger partial charge in [0.25, 0.3) is 0 Å². The average molecular weight is 372 g/mol. The van der Waals surface area contributed by atoms with E-state index in [4.69, 9.17) is 25.8 Å². The number of carbonyl (C=O) groups is 2. The van der Waals surface area contributed by atoms with Crippen LogP contribution in [0.25, 0.3) is 10.9 Å². The molecule has 4 rings (SSSR count). The Hall–Kier alpha value is -2.99. The first-order valence-corrected chi connectivity index (χ1v) is 8.26. The number of H-pyrrole nitrogens is 1. The summed E-state index contributed by atoms with van der Waals surface area (Å²) in [6.45, 7) is 0.130. The highest BCUT2D eigenvalue weighted by Crippen LogP contribution is 2.34. The van der Waals surface area contributed by atoms with Gasteiger partial charge >= 0.3 is 5.97 Å². The van der Waals surface area contributed by atoms with Gasteiger partial charge in [-0.15, -0.1) is 0 Å². The van der Waals surface area contributed by atoms with Crippen molar-refractivity contribution in [3.63, 3.8) is 0 Å². The number of carbonyl (C=O) groups excluding carboxylic acids is 2. The van der Waals surface area contributed by atoms with E-state index in [1.165, 1.54) is 7.11 Å². The number of halogens is 1. The maximum absolute atomic E-state index is 13.1. The highest BCUT2D eigenvalue weighted by atomic mass is 35.5. The zero-order chi connectivity index (χ0) is 18.3. The van der Waals surface area contributed by atoms with Gasteiger partial charge in [0.2, 0.25) is 12.6 Å². The fourth-order valence-corrected chi connectivity index (χ4v) is 3.18. The molecule has 0 bridgehead atoms. The SMILES string of the molecule is COC(=O)Cc1c(C(=O)c2ccc3c(c2)OCO3)[nH]c2cc(Cl)ccc12. The Balaban J connectivity index is 1.82. The first kappa shape index (κ1) is 16.5. The number of aromatic nitrogens is 1. The quantitative estimate of drug-likeness (QED) is 0.561. The van der Waals surface area contributed by atoms with Gasteiger partial charge in [0, 0.05) is 27.1 Å². The fraction of sp³-hybridized carbons (Fsp3) is 0.158. The molecule has 0 unspecified atom stereocenters. The minimum atomic E-state index is -0.430. The topological polar surface area (TPSA) is 77.6 Å². The Bertz CT molecular complexity index is 1040. The first-order chi connectivity index (χ1) is 12.6. The summed E-state index contributed by atoms with van der Waals surface area (Å²) >= 11 is 6.05. The van der Waals surface area contributed by atoms with Crippen LogP contribution >= 0.6 is 11.6 Å². The number of rotatable bonds is 4. The lowest BCUT2D eigenvalue weighted by Gasteiger charge is -2.05. The molecule has 7 heteroatoms. The first-order valence-electron chi connectivity index (χ1n) is 7.88. The third-order valence-electron chi connectivity index (χ3n) is 4.28. The lowest BCUT2D eigenvalue weighted by Crippen LogP contribution is -2.10. The Morgan fingerprint density at radius 1 is 1.15 bits per heavy atom. The second-order valence-corrected chi connectivity index (χ2v) is 6.25. The van der Waals surface area contributed by atoms with Gasteiger partial charge in [-0.1, -0.05) is 17.7 Å². The molecular formula is C19H14ClNO5. The van der Waals surface area contributed by atoms with Crippen molar-refractivity contribution in [2.75, 3.05) is 13.9 Å². The zero-order valence-electron chi connectivity index (χ0n) is 13.8. The van der Waals surface area contributed by atoms with Crippen LogP contribution in [0.15, 0.2) is 36.4 Å². The van der Waals surface area contributed by atoms with Gasteiger partial charge in [-0.2, -0.15) is 0 Å². The number of esters is 1. The molecule has 1 aromatic heterocycles. The van der Waals surface area contributed by atoms with E-state index in [1.54, 1.807) is 36.4 Å². The number of ether oxygens (including phenoxy) is 3. The summed E-state index contributed by atoms with van der Waals surface area (Å²) in [5, 5.41) is 1.29. The molecule has 0 saturated heterocycles. The Kier molecular flexibility index (Phi) is 4.05. The summed E-state index contributed by atoms with van der Waals surface area (Å²) in [4.78, 5) is 28.0. The lowest BCUT2D eigenvalue weighted by atomic mass is 10.0. The minimum absolute atomic E-state index is 0.0241. The van der Waals surface area contributed by atoms with Crippen molar-refractivity contribution >= 4 is 34.3 Å². The van der Waals surface area contributed by atoms with E-state index in [2.05, 4.69) is 4.98 Å². The molecule has 2 aromatic carbocycles. The highest BCUT2D eigenvalue weighted by Gasteiger charge is 2.23. The van der Waals surface area contributed by atoms with E-state index < -0.39 is 5.97 Å². The molecular weight excluding hydrogens is 358 g/mol. The van der Waals surface area contributed by atoms with Crippen LogP contribution in [-0.4, -0.2) is 30.6 Å². The number of hydrogen-bond acceptors (Lipinski definition) is 5. The molecule has 1 aliphatic heterocycles. The van der Waals surface area contributed by atoms with Crippen LogP contribution in [-0.2, 0) is 16.0 Å². The summed E-state index contributed by atoms with van der Waals surface area (Å²) in [6, 6.07) is 10.2. The maximum atomic E-state index is 13.1. The van der Waals surface area contributed by atoms with Gasteiger partial charge in [-0.05, 0) is 30.3 Å². The molecule has 0 aliphatic carbocycles. The van der Waals surface area contributed by atoms with Crippen molar-refractivity contribution < 1.29 is 23.8 Å². The van der Waals surface area contributed by atoms with E-state index in [-0.39, 0.29) is 19.0 Å². The molecule has 1 N–H and O–H groups in total. The molecule has 0 radical (unpaired) electrons. The molecule has 0 spiro atoms. The van der Waals surface area contributed by atoms with Crippen molar-refractivity contribution in [2.45, 2.75) is 6.42 Å². The third kappa shape index (κ3) is 2.78. The second-order valence-electron chi connectivity index (χ2n) is 5.82. The van der Waals surface area contributed by atoms with Gasteiger partial charge in [-0.3, -0.25) is 9.59 Å². The number of benzene rings is 2. The molecule has 132 valence electrons. The summed E-state index contributed by atoms with van der Waals surface area (Å²) in [5.41, 5.74) is 2.01. The van der Waals surface area contributed by atoms with Crippen LogP contribution in [0.5, 0.6) is 11.5 Å². The van der Waals surface area contributed by atoms with E-state index >= 15 is 0 Å². The molecule has 26 heavy (non-hydrogen) atoms. The Labute approximate surface area is 153 Å². The predicted molar refractivity (Wildman–Crippen MR) is 95.0 cm³/mol. The van der Waals surface area contributed by atoms with Gasteiger partial charge in [-0.25, -0.2) is 0 Å². The van der Waals surface area contributed by atoms with Crippen molar-refractivity contribution in [3.05, 3.63) is 58.2 Å². The van der Waals surface area contributed by atoms with E-state index in [9.17, 15) is 9.59 Å². The van der Waals surface area contributed by atoms with Crippen LogP contribution in [0.2, 0.25) is 5.02 Å². The minimum Gasteiger partial charge on any atom is -0.469 e. The summed E-state index contributed by atoms with van der Waals surface area (Å²) < 4.78 is 15.4. The Morgan fingerprint density at radius 3 is 2.77 bits per heavy atom. The fourth-order valence-electron chi connectivity index (χ4n) is 3.00. The summed E-state index contributed by atoms with van der Waals surface area (Å²) in [6.07, 6.45) is -0.0241. The number of aromatic amines is 1. The molecule has 0 saturated carbocycles. The molecule has 6 nitrogen and oxygen atoms in total. The third-order valence-corrected chi connectivity index (χ3v) is 4.51. The van der Waals surface area contributed by atoms with E-state index in [0.717, 1.165) is 5.39 Å². The monoisotopic (exact) mass is 371 g/mol. The molecule has 0 amide bonds. The van der Waals surface area contributed by atoms with E-state index in [0.29, 0.717) is 38.9 Å². The molecule has 3 aromatic rings. The second kappa shape index (κ2) is 6.38. The van der Waals surface area contributed by atoms with Crippen LogP contribution in [0.1, 0.15) is 21.6 Å². The van der Waals surface area contributed by atoms with Gasteiger partial charge < -0.3 is 19.2 Å². The van der Waals surface area contributed by atoms with Gasteiger partial charge in [0.15, 0.2) is 11.5 Å². The van der Waals surface area contributed by atoms with E-state index in [1.807, 2.05) is 0 Å². The number of ketones is 1. The van der Waals surface area contributed by atoms with Crippen LogP contribution < -0.4 is 9.47 Å². The Morgan fingerprint density at radius 2 is 1.96 bits per heavy atom. The maximum Gasteiger partial charge on any atom is 0.310 e. The van der Waals surface area contributed by atoms with Crippen molar-refractivity contribution in [1.82, 2.24) is 4.98 Å². The number of hydrogen-bond donors (Lipinski definition) is 1. The molecule has 1 aliphatic rings. The standard InChI is InChI=1S/C19H14ClNO5/c1-24-17(22)8-13-12-4-3-11(20)7-14(12)21-18(13)19(23)10-2-5-15-16(6-10)26-9-25-15/h2-7,21H,8-9H2,1H3. The molecule has 0 atom stereocenters. The number of methoxy groups -OCH3 is 1.